The van der Waals surface area contributed by atoms with Crippen LogP contribution in [0.15, 0.2) is 164 Å². The van der Waals surface area contributed by atoms with Crippen molar-refractivity contribution >= 4 is 23.5 Å². The summed E-state index contributed by atoms with van der Waals surface area (Å²) in [6, 6.07) is 42.3. The van der Waals surface area contributed by atoms with Gasteiger partial charge >= 0.3 is 6.85 Å². The lowest BCUT2D eigenvalue weighted by Gasteiger charge is -2.39. The van der Waals surface area contributed by atoms with Gasteiger partial charge in [-0.25, -0.2) is 15.0 Å². The lowest BCUT2D eigenvalue weighted by atomic mass is 9.43. The topological polar surface area (TPSA) is 67.7 Å². The molecule has 0 unspecified atom stereocenters. The molecule has 0 spiro atoms. The van der Waals surface area contributed by atoms with Gasteiger partial charge in [0.1, 0.15) is 0 Å². The molecule has 6 nitrogen and oxygen atoms in total. The van der Waals surface area contributed by atoms with Crippen LogP contribution in [0, 0.1) is 0 Å². The predicted octanol–water partition coefficient (Wildman–Crippen LogP) is 8.17. The van der Waals surface area contributed by atoms with Crippen LogP contribution in [0.2, 0.25) is 0 Å². The van der Waals surface area contributed by atoms with E-state index in [2.05, 4.69) is 130 Å². The van der Waals surface area contributed by atoms with E-state index in [4.69, 9.17) is 15.0 Å². The molecular formula is C41H27BN6. The van der Waals surface area contributed by atoms with Crippen molar-refractivity contribution in [3.05, 3.63) is 170 Å². The number of nitrogens with zero attached hydrogens (tertiary/aromatic N) is 6. The van der Waals surface area contributed by atoms with E-state index >= 15 is 0 Å². The van der Waals surface area contributed by atoms with Gasteiger partial charge in [0.15, 0.2) is 17.5 Å². The molecule has 7 heteroatoms. The second kappa shape index (κ2) is 11.7. The fourth-order valence-electron chi connectivity index (χ4n) is 6.80. The summed E-state index contributed by atoms with van der Waals surface area (Å²) in [5.74, 6) is 1.78. The van der Waals surface area contributed by atoms with Gasteiger partial charge in [-0.3, -0.25) is 9.97 Å². The number of benzene rings is 4. The van der Waals surface area contributed by atoms with Crippen LogP contribution in [0.1, 0.15) is 5.56 Å². The second-order valence-electron chi connectivity index (χ2n) is 11.8. The van der Waals surface area contributed by atoms with Crippen LogP contribution in [0.4, 0.5) is 5.69 Å². The molecule has 0 saturated carbocycles. The summed E-state index contributed by atoms with van der Waals surface area (Å²) in [6.45, 7) is 0.0168. The number of allylic oxidation sites excluding steroid dienone is 2. The summed E-state index contributed by atoms with van der Waals surface area (Å²) in [4.78, 5) is 25.6. The lowest BCUT2D eigenvalue weighted by Crippen LogP contribution is -2.51. The summed E-state index contributed by atoms with van der Waals surface area (Å²) < 4.78 is 0. The predicted molar refractivity (Wildman–Crippen MR) is 194 cm³/mol. The van der Waals surface area contributed by atoms with E-state index in [1.807, 2.05) is 24.3 Å². The fourth-order valence-corrected chi connectivity index (χ4v) is 6.80. The zero-order valence-electron chi connectivity index (χ0n) is 25.8. The molecule has 48 heavy (non-hydrogen) atoms. The van der Waals surface area contributed by atoms with Gasteiger partial charge in [0.25, 0.3) is 0 Å². The molecule has 0 fully saturated rings. The molecule has 224 valence electrons. The number of fused-ring (bicyclic) bond motifs is 6. The Kier molecular flexibility index (Phi) is 6.79. The molecule has 9 rings (SSSR count). The lowest BCUT2D eigenvalue weighted by molar-refractivity contribution is 1.07. The van der Waals surface area contributed by atoms with Crippen LogP contribution < -0.4 is 10.3 Å². The molecule has 0 aliphatic carbocycles. The van der Waals surface area contributed by atoms with Crippen LogP contribution in [0.5, 0.6) is 0 Å². The first kappa shape index (κ1) is 27.8. The number of rotatable bonds is 5. The Morgan fingerprint density at radius 1 is 0.458 bits per heavy atom. The Morgan fingerprint density at radius 3 is 1.77 bits per heavy atom. The number of aromatic nitrogens is 5. The van der Waals surface area contributed by atoms with E-state index in [-0.39, 0.29) is 6.85 Å². The van der Waals surface area contributed by atoms with Crippen molar-refractivity contribution in [2.24, 2.45) is 0 Å². The average molecular weight is 615 g/mol. The van der Waals surface area contributed by atoms with E-state index in [9.17, 15) is 0 Å². The van der Waals surface area contributed by atoms with Crippen LogP contribution in [0.25, 0.3) is 61.9 Å². The molecule has 7 aromatic rings. The third kappa shape index (κ3) is 4.80. The van der Waals surface area contributed by atoms with Crippen LogP contribution in [-0.4, -0.2) is 31.8 Å². The molecule has 0 amide bonds. The van der Waals surface area contributed by atoms with Crippen molar-refractivity contribution in [3.63, 3.8) is 0 Å². The Bertz CT molecular complexity index is 2300. The molecule has 5 heterocycles. The van der Waals surface area contributed by atoms with Crippen molar-refractivity contribution in [2.75, 3.05) is 4.81 Å². The summed E-state index contributed by atoms with van der Waals surface area (Å²) in [5.41, 5.74) is 12.3. The standard InChI is InChI=1S/C41H27BN6/c1-2-9-28(10-3-1)35-27-31(41-46-39(29-18-22-43-23-19-29)45-40(47-41)30-20-24-44-25-21-30)16-17-33(35)37-14-8-26-48-38-15-7-5-12-34(38)32-11-4-6-13-36(32)42(37)48/h1-27H. The summed E-state index contributed by atoms with van der Waals surface area (Å²) in [5, 5.41) is 0. The number of hydrogen-bond donors (Lipinski definition) is 0. The highest BCUT2D eigenvalue weighted by atomic mass is 15.1. The SMILES string of the molecule is C1=CN2B(C(c3ccc(-c4nc(-c5ccncc5)nc(-c5ccncc5)n4)cc3-c3ccccc3)=C1)c1ccccc1-c1ccccc12. The molecule has 0 bridgehead atoms. The van der Waals surface area contributed by atoms with Crippen LogP contribution in [-0.2, 0) is 0 Å². The first-order valence-corrected chi connectivity index (χ1v) is 15.9. The molecule has 2 aliphatic heterocycles. The second-order valence-corrected chi connectivity index (χ2v) is 11.8. The Morgan fingerprint density at radius 2 is 1.06 bits per heavy atom. The van der Waals surface area contributed by atoms with Crippen molar-refractivity contribution in [3.8, 4) is 56.4 Å². The molecule has 4 aromatic carbocycles. The molecule has 0 atom stereocenters. The maximum Gasteiger partial charge on any atom is 0.328 e. The molecular weight excluding hydrogens is 587 g/mol. The maximum absolute atomic E-state index is 5.00. The van der Waals surface area contributed by atoms with Crippen molar-refractivity contribution in [2.45, 2.75) is 0 Å². The van der Waals surface area contributed by atoms with Crippen molar-refractivity contribution in [1.82, 2.24) is 24.9 Å². The highest BCUT2D eigenvalue weighted by Gasteiger charge is 2.38. The summed E-state index contributed by atoms with van der Waals surface area (Å²) in [7, 11) is 0. The molecule has 0 saturated heterocycles. The first-order chi connectivity index (χ1) is 23.8. The molecule has 0 radical (unpaired) electrons. The van der Waals surface area contributed by atoms with Crippen molar-refractivity contribution in [1.29, 1.82) is 0 Å². The number of pyridine rings is 2. The van der Waals surface area contributed by atoms with Crippen LogP contribution in [0.3, 0.4) is 0 Å². The fraction of sp³-hybridized carbons (Fsp3) is 0. The van der Waals surface area contributed by atoms with Gasteiger partial charge in [0.05, 0.1) is 0 Å². The van der Waals surface area contributed by atoms with E-state index in [1.165, 1.54) is 27.7 Å². The highest BCUT2D eigenvalue weighted by molar-refractivity contribution is 6.95. The minimum atomic E-state index is 0.0168. The van der Waals surface area contributed by atoms with E-state index in [0.717, 1.165) is 33.4 Å². The zero-order valence-corrected chi connectivity index (χ0v) is 25.8. The summed E-state index contributed by atoms with van der Waals surface area (Å²) in [6.07, 6.45) is 13.6. The summed E-state index contributed by atoms with van der Waals surface area (Å²) >= 11 is 0. The molecule has 2 aliphatic rings. The van der Waals surface area contributed by atoms with E-state index in [0.29, 0.717) is 17.5 Å². The minimum absolute atomic E-state index is 0.0168. The van der Waals surface area contributed by atoms with Crippen molar-refractivity contribution < 1.29 is 0 Å². The smallest absolute Gasteiger partial charge is 0.328 e. The average Bonchev–Trinajstić information content (AvgIpc) is 3.18. The monoisotopic (exact) mass is 614 g/mol. The number of anilines is 1. The largest absolute Gasteiger partial charge is 0.383 e. The van der Waals surface area contributed by atoms with Gasteiger partial charge in [0, 0.05) is 52.7 Å². The van der Waals surface area contributed by atoms with Crippen LogP contribution >= 0.6 is 0 Å². The van der Waals surface area contributed by atoms with E-state index in [1.54, 1.807) is 24.8 Å². The van der Waals surface area contributed by atoms with Gasteiger partial charge in [0.2, 0.25) is 0 Å². The Balaban J connectivity index is 1.23. The Hall–Kier alpha value is -6.47. The normalized spacial score (nSPS) is 13.0. The van der Waals surface area contributed by atoms with Gasteiger partial charge in [-0.1, -0.05) is 91.0 Å². The molecule has 3 aromatic heterocycles. The number of para-hydroxylation sites is 1. The van der Waals surface area contributed by atoms with Gasteiger partial charge in [-0.2, -0.15) is 0 Å². The van der Waals surface area contributed by atoms with E-state index < -0.39 is 0 Å². The first-order valence-electron chi connectivity index (χ1n) is 15.9. The Labute approximate surface area is 279 Å². The zero-order chi connectivity index (χ0) is 31.9. The van der Waals surface area contributed by atoms with Gasteiger partial charge < -0.3 is 4.81 Å². The quantitative estimate of drug-likeness (QED) is 0.182. The third-order valence-corrected chi connectivity index (χ3v) is 9.01. The van der Waals surface area contributed by atoms with Gasteiger partial charge in [-0.05, 0) is 81.9 Å². The third-order valence-electron chi connectivity index (χ3n) is 9.01. The minimum Gasteiger partial charge on any atom is -0.383 e. The number of hydrogen-bond acceptors (Lipinski definition) is 6. The molecule has 0 N–H and O–H groups in total. The van der Waals surface area contributed by atoms with Gasteiger partial charge in [-0.15, -0.1) is 0 Å². The highest BCUT2D eigenvalue weighted by Crippen LogP contribution is 2.42. The maximum atomic E-state index is 5.00.